The highest BCUT2D eigenvalue weighted by atomic mass is 32.1. The van der Waals surface area contributed by atoms with Gasteiger partial charge in [0.15, 0.2) is 5.96 Å². The van der Waals surface area contributed by atoms with Crippen LogP contribution in [0.25, 0.3) is 0 Å². The van der Waals surface area contributed by atoms with E-state index in [1.807, 2.05) is 24.4 Å². The van der Waals surface area contributed by atoms with Crippen LogP contribution < -0.4 is 10.6 Å². The molecule has 1 aromatic heterocycles. The SMILES string of the molecule is CCNC(=NCC(C)(O)c1cccs1)NCCCC(=O)OC1CCCC1. The Morgan fingerprint density at radius 3 is 2.85 bits per heavy atom. The molecular weight excluding hydrogens is 350 g/mol. The summed E-state index contributed by atoms with van der Waals surface area (Å²) >= 11 is 1.52. The van der Waals surface area contributed by atoms with Crippen molar-refractivity contribution in [2.24, 2.45) is 4.99 Å². The monoisotopic (exact) mass is 381 g/mol. The van der Waals surface area contributed by atoms with Gasteiger partial charge < -0.3 is 20.5 Å². The van der Waals surface area contributed by atoms with Gasteiger partial charge in [-0.3, -0.25) is 4.79 Å². The molecule has 1 saturated carbocycles. The fraction of sp³-hybridized carbons (Fsp3) is 0.684. The van der Waals surface area contributed by atoms with Gasteiger partial charge in [-0.1, -0.05) is 6.07 Å². The van der Waals surface area contributed by atoms with Gasteiger partial charge >= 0.3 is 5.97 Å². The molecule has 1 aliphatic rings. The maximum atomic E-state index is 11.8. The average molecular weight is 382 g/mol. The van der Waals surface area contributed by atoms with E-state index in [9.17, 15) is 9.90 Å². The molecule has 0 amide bonds. The molecule has 26 heavy (non-hydrogen) atoms. The first-order valence-electron chi connectivity index (χ1n) is 9.49. The molecule has 1 fully saturated rings. The summed E-state index contributed by atoms with van der Waals surface area (Å²) < 4.78 is 5.45. The number of nitrogens with one attached hydrogen (secondary N) is 2. The molecule has 7 heteroatoms. The Morgan fingerprint density at radius 1 is 1.42 bits per heavy atom. The van der Waals surface area contributed by atoms with Crippen LogP contribution in [0.15, 0.2) is 22.5 Å². The van der Waals surface area contributed by atoms with Crippen LogP contribution in [0, 0.1) is 0 Å². The third kappa shape index (κ3) is 6.96. The fourth-order valence-corrected chi connectivity index (χ4v) is 3.71. The van der Waals surface area contributed by atoms with Crippen molar-refractivity contribution in [3.8, 4) is 0 Å². The maximum Gasteiger partial charge on any atom is 0.306 e. The number of hydrogen-bond donors (Lipinski definition) is 3. The summed E-state index contributed by atoms with van der Waals surface area (Å²) in [6, 6.07) is 3.84. The molecule has 146 valence electrons. The quantitative estimate of drug-likeness (QED) is 0.265. The summed E-state index contributed by atoms with van der Waals surface area (Å²) in [6.07, 6.45) is 5.58. The minimum atomic E-state index is -0.985. The molecule has 1 unspecified atom stereocenters. The Labute approximate surface area is 160 Å². The number of esters is 1. The number of carbonyl (C=O) groups is 1. The lowest BCUT2D eigenvalue weighted by atomic mass is 10.1. The summed E-state index contributed by atoms with van der Waals surface area (Å²) in [5, 5.41) is 18.9. The first-order chi connectivity index (χ1) is 12.5. The Balaban J connectivity index is 1.72. The van der Waals surface area contributed by atoms with Crippen molar-refractivity contribution in [3.05, 3.63) is 22.4 Å². The van der Waals surface area contributed by atoms with Gasteiger partial charge in [-0.25, -0.2) is 4.99 Å². The van der Waals surface area contributed by atoms with Gasteiger partial charge in [-0.2, -0.15) is 0 Å². The molecule has 0 spiro atoms. The zero-order valence-corrected chi connectivity index (χ0v) is 16.6. The predicted molar refractivity (Wildman–Crippen MR) is 105 cm³/mol. The molecule has 0 aliphatic heterocycles. The summed E-state index contributed by atoms with van der Waals surface area (Å²) in [6.45, 7) is 5.40. The Hall–Kier alpha value is -1.60. The van der Waals surface area contributed by atoms with Crippen molar-refractivity contribution in [1.29, 1.82) is 0 Å². The fourth-order valence-electron chi connectivity index (χ4n) is 2.93. The van der Waals surface area contributed by atoms with Gasteiger partial charge in [0.05, 0.1) is 6.54 Å². The van der Waals surface area contributed by atoms with Gasteiger partial charge in [-0.05, 0) is 57.4 Å². The van der Waals surface area contributed by atoms with Crippen LogP contribution in [0.2, 0.25) is 0 Å². The number of guanidine groups is 1. The number of hydrogen-bond acceptors (Lipinski definition) is 5. The molecule has 2 rings (SSSR count). The van der Waals surface area contributed by atoms with E-state index in [0.29, 0.717) is 25.3 Å². The number of nitrogens with zero attached hydrogens (tertiary/aromatic N) is 1. The van der Waals surface area contributed by atoms with E-state index in [4.69, 9.17) is 4.74 Å². The molecule has 1 aromatic rings. The largest absolute Gasteiger partial charge is 0.462 e. The van der Waals surface area contributed by atoms with Crippen molar-refractivity contribution in [3.63, 3.8) is 0 Å². The van der Waals surface area contributed by atoms with Crippen molar-refractivity contribution in [1.82, 2.24) is 10.6 Å². The van der Waals surface area contributed by atoms with E-state index < -0.39 is 5.60 Å². The zero-order chi connectivity index (χ0) is 18.8. The third-order valence-corrected chi connectivity index (χ3v) is 5.51. The van der Waals surface area contributed by atoms with E-state index in [1.54, 1.807) is 6.92 Å². The second kappa shape index (κ2) is 10.5. The molecule has 1 heterocycles. The van der Waals surface area contributed by atoms with E-state index in [0.717, 1.165) is 37.1 Å². The van der Waals surface area contributed by atoms with E-state index >= 15 is 0 Å². The lowest BCUT2D eigenvalue weighted by Crippen LogP contribution is -2.39. The third-order valence-electron chi connectivity index (χ3n) is 4.39. The molecule has 1 atom stereocenters. The highest BCUT2D eigenvalue weighted by molar-refractivity contribution is 7.10. The summed E-state index contributed by atoms with van der Waals surface area (Å²) in [7, 11) is 0. The number of thiophene rings is 1. The van der Waals surface area contributed by atoms with Crippen LogP contribution >= 0.6 is 11.3 Å². The summed E-state index contributed by atoms with van der Waals surface area (Å²) in [5.41, 5.74) is -0.985. The number of carbonyl (C=O) groups excluding carboxylic acids is 1. The first-order valence-corrected chi connectivity index (χ1v) is 10.4. The highest BCUT2D eigenvalue weighted by Gasteiger charge is 2.24. The molecule has 0 saturated heterocycles. The summed E-state index contributed by atoms with van der Waals surface area (Å²) in [5.74, 6) is 0.537. The van der Waals surface area contributed by atoms with Crippen molar-refractivity contribution < 1.29 is 14.6 Å². The van der Waals surface area contributed by atoms with Crippen LogP contribution in [0.5, 0.6) is 0 Å². The Kier molecular flexibility index (Phi) is 8.38. The number of rotatable bonds is 9. The smallest absolute Gasteiger partial charge is 0.306 e. The second-order valence-corrected chi connectivity index (χ2v) is 7.82. The van der Waals surface area contributed by atoms with Gasteiger partial charge in [0.25, 0.3) is 0 Å². The Morgan fingerprint density at radius 2 is 2.19 bits per heavy atom. The first kappa shape index (κ1) is 20.7. The van der Waals surface area contributed by atoms with Crippen molar-refractivity contribution in [2.45, 2.75) is 64.1 Å². The van der Waals surface area contributed by atoms with Gasteiger partial charge in [-0.15, -0.1) is 11.3 Å². The van der Waals surface area contributed by atoms with Crippen molar-refractivity contribution >= 4 is 23.3 Å². The zero-order valence-electron chi connectivity index (χ0n) is 15.8. The number of aliphatic imine (C=N–C) groups is 1. The number of aliphatic hydroxyl groups is 1. The Bertz CT molecular complexity index is 567. The van der Waals surface area contributed by atoms with Gasteiger partial charge in [0.1, 0.15) is 11.7 Å². The van der Waals surface area contributed by atoms with E-state index in [2.05, 4.69) is 15.6 Å². The van der Waals surface area contributed by atoms with E-state index in [1.165, 1.54) is 11.3 Å². The van der Waals surface area contributed by atoms with Crippen molar-refractivity contribution in [2.75, 3.05) is 19.6 Å². The lowest BCUT2D eigenvalue weighted by molar-refractivity contribution is -0.148. The molecule has 1 aliphatic carbocycles. The molecule has 3 N–H and O–H groups in total. The molecule has 6 nitrogen and oxygen atoms in total. The number of ether oxygens (including phenoxy) is 1. The maximum absolute atomic E-state index is 11.8. The van der Waals surface area contributed by atoms with Crippen LogP contribution in [0.3, 0.4) is 0 Å². The van der Waals surface area contributed by atoms with Crippen LogP contribution in [0.1, 0.15) is 57.2 Å². The molecule has 0 aromatic carbocycles. The highest BCUT2D eigenvalue weighted by Crippen LogP contribution is 2.25. The molecule has 0 bridgehead atoms. The van der Waals surface area contributed by atoms with E-state index in [-0.39, 0.29) is 18.6 Å². The second-order valence-electron chi connectivity index (χ2n) is 6.87. The predicted octanol–water partition coefficient (Wildman–Crippen LogP) is 2.78. The van der Waals surface area contributed by atoms with Crippen LogP contribution in [0.4, 0.5) is 0 Å². The van der Waals surface area contributed by atoms with Gasteiger partial charge in [0, 0.05) is 24.4 Å². The normalized spacial score (nSPS) is 17.7. The molecule has 0 radical (unpaired) electrons. The average Bonchev–Trinajstić information content (AvgIpc) is 3.30. The minimum absolute atomic E-state index is 0.110. The standard InChI is InChI=1S/C19H31N3O3S/c1-3-20-18(22-14-19(2,24)16-10-7-13-26-16)21-12-6-11-17(23)25-15-8-4-5-9-15/h7,10,13,15,24H,3-6,8-9,11-12,14H2,1-2H3,(H2,20,21,22). The van der Waals surface area contributed by atoms with Gasteiger partial charge in [0.2, 0.25) is 0 Å². The topological polar surface area (TPSA) is 83.0 Å². The molecular formula is C19H31N3O3S. The summed E-state index contributed by atoms with van der Waals surface area (Å²) in [4.78, 5) is 17.2. The van der Waals surface area contributed by atoms with Crippen LogP contribution in [-0.4, -0.2) is 42.8 Å². The lowest BCUT2D eigenvalue weighted by Gasteiger charge is -2.20. The van der Waals surface area contributed by atoms with Crippen LogP contribution in [-0.2, 0) is 15.1 Å². The minimum Gasteiger partial charge on any atom is -0.462 e.